The van der Waals surface area contributed by atoms with Gasteiger partial charge in [-0.3, -0.25) is 4.79 Å². The average molecular weight is 357 g/mol. The predicted molar refractivity (Wildman–Crippen MR) is 89.5 cm³/mol. The van der Waals surface area contributed by atoms with E-state index in [2.05, 4.69) is 40.4 Å². The van der Waals surface area contributed by atoms with Crippen LogP contribution in [0, 0.1) is 0 Å². The van der Waals surface area contributed by atoms with Crippen LogP contribution < -0.4 is 15.4 Å². The van der Waals surface area contributed by atoms with Crippen LogP contribution in [0.15, 0.2) is 22.7 Å². The average Bonchev–Trinajstić information content (AvgIpc) is 2.47. The van der Waals surface area contributed by atoms with E-state index in [0.29, 0.717) is 6.54 Å². The van der Waals surface area contributed by atoms with Crippen LogP contribution in [-0.2, 0) is 11.3 Å². The fourth-order valence-electron chi connectivity index (χ4n) is 2.05. The Morgan fingerprint density at radius 1 is 1.33 bits per heavy atom. The molecule has 1 amide bonds. The Balaban J connectivity index is 2.73. The molecule has 118 valence electrons. The highest BCUT2D eigenvalue weighted by Gasteiger charge is 2.18. The number of nitrogens with one attached hydrogen (secondary N) is 2. The van der Waals surface area contributed by atoms with E-state index in [1.54, 1.807) is 6.92 Å². The molecule has 0 aliphatic carbocycles. The molecular weight excluding hydrogens is 332 g/mol. The van der Waals surface area contributed by atoms with Crippen LogP contribution in [-0.4, -0.2) is 25.1 Å². The maximum Gasteiger partial charge on any atom is 0.260 e. The fraction of sp³-hybridized carbons (Fsp3) is 0.562. The van der Waals surface area contributed by atoms with Gasteiger partial charge in [-0.15, -0.1) is 0 Å². The second-order valence-corrected chi connectivity index (χ2v) is 5.98. The smallest absolute Gasteiger partial charge is 0.260 e. The molecule has 1 aromatic carbocycles. The van der Waals surface area contributed by atoms with Crippen molar-refractivity contribution in [2.45, 2.75) is 52.3 Å². The summed E-state index contributed by atoms with van der Waals surface area (Å²) >= 11 is 3.45. The summed E-state index contributed by atoms with van der Waals surface area (Å²) < 4.78 is 6.83. The molecule has 1 unspecified atom stereocenters. The molecule has 1 aromatic rings. The van der Waals surface area contributed by atoms with Crippen molar-refractivity contribution in [3.63, 3.8) is 0 Å². The van der Waals surface area contributed by atoms with Gasteiger partial charge in [0.1, 0.15) is 5.75 Å². The second-order valence-electron chi connectivity index (χ2n) is 5.06. The Labute approximate surface area is 135 Å². The zero-order valence-corrected chi connectivity index (χ0v) is 14.8. The molecule has 1 atom stereocenters. The van der Waals surface area contributed by atoms with Crippen molar-refractivity contribution >= 4 is 21.8 Å². The van der Waals surface area contributed by atoms with E-state index >= 15 is 0 Å². The summed E-state index contributed by atoms with van der Waals surface area (Å²) in [7, 11) is 1.88. The SMILES string of the molecule is CCC(CC)NC(=O)C(C)Oc1ccc(Br)cc1CNC. The molecule has 21 heavy (non-hydrogen) atoms. The minimum Gasteiger partial charge on any atom is -0.481 e. The van der Waals surface area contributed by atoms with E-state index in [1.807, 2.05) is 25.2 Å². The molecule has 2 N–H and O–H groups in total. The van der Waals surface area contributed by atoms with Crippen LogP contribution in [0.1, 0.15) is 39.2 Å². The van der Waals surface area contributed by atoms with E-state index in [0.717, 1.165) is 28.6 Å². The van der Waals surface area contributed by atoms with Gasteiger partial charge in [-0.1, -0.05) is 29.8 Å². The number of carbonyl (C=O) groups excluding carboxylic acids is 1. The number of ether oxygens (including phenoxy) is 1. The molecule has 0 heterocycles. The van der Waals surface area contributed by atoms with Gasteiger partial charge < -0.3 is 15.4 Å². The molecule has 0 saturated heterocycles. The number of hydrogen-bond acceptors (Lipinski definition) is 3. The first-order valence-corrected chi connectivity index (χ1v) is 8.21. The predicted octanol–water partition coefficient (Wildman–Crippen LogP) is 3.24. The second kappa shape index (κ2) is 9.05. The zero-order chi connectivity index (χ0) is 15.8. The van der Waals surface area contributed by atoms with Crippen molar-refractivity contribution in [2.24, 2.45) is 0 Å². The quantitative estimate of drug-likeness (QED) is 0.751. The summed E-state index contributed by atoms with van der Waals surface area (Å²) in [6, 6.07) is 6.01. The van der Waals surface area contributed by atoms with Crippen LogP contribution >= 0.6 is 15.9 Å². The van der Waals surface area contributed by atoms with Gasteiger partial charge in [0.05, 0.1) is 0 Å². The molecule has 1 rings (SSSR count). The maximum atomic E-state index is 12.2. The number of amides is 1. The van der Waals surface area contributed by atoms with Crippen molar-refractivity contribution in [1.82, 2.24) is 10.6 Å². The van der Waals surface area contributed by atoms with E-state index in [4.69, 9.17) is 4.74 Å². The molecule has 0 bridgehead atoms. The van der Waals surface area contributed by atoms with Crippen LogP contribution in [0.4, 0.5) is 0 Å². The zero-order valence-electron chi connectivity index (χ0n) is 13.2. The van der Waals surface area contributed by atoms with Crippen LogP contribution in [0.5, 0.6) is 5.75 Å². The van der Waals surface area contributed by atoms with E-state index in [1.165, 1.54) is 0 Å². The Bertz CT molecular complexity index is 462. The lowest BCUT2D eigenvalue weighted by Crippen LogP contribution is -2.42. The van der Waals surface area contributed by atoms with Crippen molar-refractivity contribution in [1.29, 1.82) is 0 Å². The number of halogens is 1. The van der Waals surface area contributed by atoms with Gasteiger partial charge in [-0.25, -0.2) is 0 Å². The van der Waals surface area contributed by atoms with E-state index < -0.39 is 6.10 Å². The molecule has 0 aliphatic rings. The van der Waals surface area contributed by atoms with Crippen LogP contribution in [0.25, 0.3) is 0 Å². The Morgan fingerprint density at radius 3 is 2.57 bits per heavy atom. The highest BCUT2D eigenvalue weighted by molar-refractivity contribution is 9.10. The summed E-state index contributed by atoms with van der Waals surface area (Å²) in [5, 5.41) is 6.11. The number of carbonyl (C=O) groups is 1. The first-order valence-electron chi connectivity index (χ1n) is 7.41. The lowest BCUT2D eigenvalue weighted by molar-refractivity contribution is -0.128. The monoisotopic (exact) mass is 356 g/mol. The molecule has 0 saturated carbocycles. The molecule has 0 spiro atoms. The minimum atomic E-state index is -0.512. The lowest BCUT2D eigenvalue weighted by Gasteiger charge is -2.20. The molecule has 0 fully saturated rings. The first kappa shape index (κ1) is 18.0. The molecule has 4 nitrogen and oxygen atoms in total. The van der Waals surface area contributed by atoms with Crippen molar-refractivity contribution < 1.29 is 9.53 Å². The third kappa shape index (κ3) is 5.67. The highest BCUT2D eigenvalue weighted by atomic mass is 79.9. The summed E-state index contributed by atoms with van der Waals surface area (Å²) in [6.07, 6.45) is 1.35. The van der Waals surface area contributed by atoms with Gasteiger partial charge in [0.2, 0.25) is 0 Å². The Kier molecular flexibility index (Phi) is 7.75. The minimum absolute atomic E-state index is 0.0676. The standard InChI is InChI=1S/C16H25BrN2O2/c1-5-14(6-2)19-16(20)11(3)21-15-8-7-13(17)9-12(15)10-18-4/h7-9,11,14,18H,5-6,10H2,1-4H3,(H,19,20). The van der Waals surface area contributed by atoms with E-state index in [9.17, 15) is 4.79 Å². The van der Waals surface area contributed by atoms with E-state index in [-0.39, 0.29) is 11.9 Å². The highest BCUT2D eigenvalue weighted by Crippen LogP contribution is 2.24. The van der Waals surface area contributed by atoms with Crippen molar-refractivity contribution in [2.75, 3.05) is 7.05 Å². The molecule has 0 aliphatic heterocycles. The van der Waals surface area contributed by atoms with Gasteiger partial charge in [-0.05, 0) is 45.0 Å². The first-order chi connectivity index (χ1) is 10.0. The Hall–Kier alpha value is -1.07. The number of benzene rings is 1. The Morgan fingerprint density at radius 2 is 2.00 bits per heavy atom. The maximum absolute atomic E-state index is 12.2. The van der Waals surface area contributed by atoms with Gasteiger partial charge in [-0.2, -0.15) is 0 Å². The topological polar surface area (TPSA) is 50.4 Å². The number of rotatable bonds is 8. The van der Waals surface area contributed by atoms with Crippen LogP contribution in [0.3, 0.4) is 0 Å². The third-order valence-corrected chi connectivity index (χ3v) is 3.89. The normalized spacial score (nSPS) is 12.3. The summed E-state index contributed by atoms with van der Waals surface area (Å²) in [5.74, 6) is 0.668. The summed E-state index contributed by atoms with van der Waals surface area (Å²) in [6.45, 7) is 6.61. The number of hydrogen-bond donors (Lipinski definition) is 2. The fourth-order valence-corrected chi connectivity index (χ4v) is 2.46. The molecule has 0 aromatic heterocycles. The third-order valence-electron chi connectivity index (χ3n) is 3.39. The van der Waals surface area contributed by atoms with Gasteiger partial charge in [0, 0.05) is 22.6 Å². The molecule has 5 heteroatoms. The van der Waals surface area contributed by atoms with Gasteiger partial charge >= 0.3 is 0 Å². The van der Waals surface area contributed by atoms with Gasteiger partial charge in [0.25, 0.3) is 5.91 Å². The lowest BCUT2D eigenvalue weighted by atomic mass is 10.1. The van der Waals surface area contributed by atoms with Crippen molar-refractivity contribution in [3.8, 4) is 5.75 Å². The summed E-state index contributed by atoms with van der Waals surface area (Å²) in [4.78, 5) is 12.2. The van der Waals surface area contributed by atoms with Crippen LogP contribution in [0.2, 0.25) is 0 Å². The summed E-state index contributed by atoms with van der Waals surface area (Å²) in [5.41, 5.74) is 1.02. The molecular formula is C16H25BrN2O2. The van der Waals surface area contributed by atoms with Gasteiger partial charge in [0.15, 0.2) is 6.10 Å². The van der Waals surface area contributed by atoms with Crippen molar-refractivity contribution in [3.05, 3.63) is 28.2 Å². The molecule has 0 radical (unpaired) electrons. The largest absolute Gasteiger partial charge is 0.481 e.